The van der Waals surface area contributed by atoms with Crippen molar-refractivity contribution in [1.82, 2.24) is 24.5 Å². The molecule has 1 saturated heterocycles. The summed E-state index contributed by atoms with van der Waals surface area (Å²) in [5, 5.41) is 10.5. The van der Waals surface area contributed by atoms with Gasteiger partial charge in [0.05, 0.1) is 18.5 Å². The summed E-state index contributed by atoms with van der Waals surface area (Å²) in [6.45, 7) is 3.50. The molecule has 206 valence electrons. The van der Waals surface area contributed by atoms with Crippen LogP contribution in [0.1, 0.15) is 17.9 Å². The van der Waals surface area contributed by atoms with Gasteiger partial charge in [0, 0.05) is 39.0 Å². The summed E-state index contributed by atoms with van der Waals surface area (Å²) in [5.74, 6) is -2.00. The van der Waals surface area contributed by atoms with Crippen LogP contribution in [0.4, 0.5) is 23.8 Å². The zero-order valence-corrected chi connectivity index (χ0v) is 21.7. The Bertz CT molecular complexity index is 1410. The molecule has 0 saturated carbocycles. The second kappa shape index (κ2) is 12.6. The Kier molecular flexibility index (Phi) is 8.99. The molecular weight excluding hydrogens is 511 g/mol. The topological polar surface area (TPSA) is 103 Å². The van der Waals surface area contributed by atoms with Gasteiger partial charge in [-0.25, -0.2) is 22.6 Å². The highest BCUT2D eigenvalue weighted by molar-refractivity contribution is 5.88. The van der Waals surface area contributed by atoms with Crippen molar-refractivity contribution in [3.05, 3.63) is 83.9 Å². The summed E-state index contributed by atoms with van der Waals surface area (Å²) >= 11 is 0. The molecule has 0 spiro atoms. The van der Waals surface area contributed by atoms with E-state index < -0.39 is 23.5 Å². The van der Waals surface area contributed by atoms with Crippen molar-refractivity contribution in [2.24, 2.45) is 12.8 Å². The molecule has 1 unspecified atom stereocenters. The largest absolute Gasteiger partial charge is 0.383 e. The number of anilines is 1. The molecule has 0 radical (unpaired) electrons. The number of aryl methyl sites for hydroxylation is 1. The van der Waals surface area contributed by atoms with Gasteiger partial charge in [0.15, 0.2) is 23.3 Å². The van der Waals surface area contributed by atoms with E-state index in [1.165, 1.54) is 27.7 Å². The number of ether oxygens (including phenoxy) is 1. The fourth-order valence-electron chi connectivity index (χ4n) is 4.40. The zero-order valence-electron chi connectivity index (χ0n) is 21.7. The molecule has 0 aliphatic carbocycles. The third kappa shape index (κ3) is 6.84. The van der Waals surface area contributed by atoms with Crippen LogP contribution in [0.5, 0.6) is 0 Å². The lowest BCUT2D eigenvalue weighted by Crippen LogP contribution is -2.24. The summed E-state index contributed by atoms with van der Waals surface area (Å²) in [4.78, 5) is 13.4. The van der Waals surface area contributed by atoms with Crippen LogP contribution >= 0.6 is 0 Å². The van der Waals surface area contributed by atoms with Crippen molar-refractivity contribution in [1.29, 1.82) is 0 Å². The maximum Gasteiger partial charge on any atom is 0.317 e. The molecule has 3 N–H and O–H groups in total. The molecule has 9 nitrogen and oxygen atoms in total. The van der Waals surface area contributed by atoms with Crippen molar-refractivity contribution in [3.63, 3.8) is 0 Å². The summed E-state index contributed by atoms with van der Waals surface area (Å²) < 4.78 is 48.5. The number of para-hydroxylation sites is 1. The van der Waals surface area contributed by atoms with Crippen LogP contribution in [-0.2, 0) is 11.8 Å². The number of nitrogens with zero attached hydrogens (tertiary/aromatic N) is 5. The molecule has 1 aliphatic rings. The third-order valence-electron chi connectivity index (χ3n) is 6.35. The highest BCUT2D eigenvalue weighted by Crippen LogP contribution is 2.29. The van der Waals surface area contributed by atoms with E-state index in [4.69, 9.17) is 10.5 Å². The number of likely N-dealkylation sites (tertiary alicyclic amines) is 1. The molecule has 1 aliphatic heterocycles. The molecule has 2 aromatic heterocycles. The van der Waals surface area contributed by atoms with Gasteiger partial charge in [0.25, 0.3) is 0 Å². The first-order chi connectivity index (χ1) is 18.8. The van der Waals surface area contributed by atoms with E-state index in [1.54, 1.807) is 50.7 Å². The van der Waals surface area contributed by atoms with E-state index in [2.05, 4.69) is 20.4 Å². The van der Waals surface area contributed by atoms with Gasteiger partial charge in [-0.05, 0) is 48.7 Å². The number of carbonyl (C=O) groups is 1. The van der Waals surface area contributed by atoms with E-state index in [-0.39, 0.29) is 11.5 Å². The monoisotopic (exact) mass is 541 g/mol. The predicted octanol–water partition coefficient (Wildman–Crippen LogP) is 4.30. The van der Waals surface area contributed by atoms with Crippen molar-refractivity contribution in [2.45, 2.75) is 12.3 Å². The molecule has 0 bridgehead atoms. The molecule has 2 amide bonds. The normalized spacial score (nSPS) is 15.2. The number of halogens is 3. The predicted molar refractivity (Wildman–Crippen MR) is 141 cm³/mol. The number of methoxy groups -OCH3 is 1. The zero-order chi connectivity index (χ0) is 27.9. The number of rotatable bonds is 7. The van der Waals surface area contributed by atoms with Gasteiger partial charge in [-0.3, -0.25) is 10.00 Å². The number of primary amides is 1. The molecule has 3 heterocycles. The Balaban J connectivity index is 0.000000187. The first kappa shape index (κ1) is 27.9. The lowest BCUT2D eigenvalue weighted by Gasteiger charge is -2.15. The number of urea groups is 1. The number of aromatic nitrogens is 4. The van der Waals surface area contributed by atoms with Crippen LogP contribution in [-0.4, -0.2) is 63.8 Å². The summed E-state index contributed by atoms with van der Waals surface area (Å²) in [5.41, 5.74) is 7.19. The van der Waals surface area contributed by atoms with Gasteiger partial charge in [0.2, 0.25) is 0 Å². The number of nitrogens with two attached hydrogens (primary N) is 1. The maximum atomic E-state index is 14.6. The van der Waals surface area contributed by atoms with Gasteiger partial charge in [-0.2, -0.15) is 10.2 Å². The van der Waals surface area contributed by atoms with Crippen molar-refractivity contribution in [3.8, 4) is 16.9 Å². The van der Waals surface area contributed by atoms with Gasteiger partial charge < -0.3 is 15.4 Å². The molecular formula is C27H30F3N7O2. The van der Waals surface area contributed by atoms with E-state index in [1.807, 2.05) is 6.07 Å². The minimum Gasteiger partial charge on any atom is -0.383 e. The average molecular weight is 542 g/mol. The van der Waals surface area contributed by atoms with Crippen LogP contribution in [0.2, 0.25) is 0 Å². The molecule has 2 aromatic carbocycles. The summed E-state index contributed by atoms with van der Waals surface area (Å²) in [6.07, 6.45) is 4.12. The number of amides is 2. The lowest BCUT2D eigenvalue weighted by molar-refractivity contribution is 0.160. The van der Waals surface area contributed by atoms with Crippen molar-refractivity contribution in [2.75, 3.05) is 38.7 Å². The van der Waals surface area contributed by atoms with Gasteiger partial charge in [-0.1, -0.05) is 24.3 Å². The number of hydrogen-bond donors (Lipinski definition) is 2. The maximum absolute atomic E-state index is 14.6. The molecule has 5 rings (SSSR count). The Morgan fingerprint density at radius 3 is 2.56 bits per heavy atom. The lowest BCUT2D eigenvalue weighted by atomic mass is 9.98. The number of carbonyl (C=O) groups excluding carboxylic acids is 1. The smallest absolute Gasteiger partial charge is 0.317 e. The standard InChI is InChI=1S/C14H13FN6O.C13H17F2NO/c1-20-8-9(7-17-20)12-11(15)13(18-14(16)22)21(19-12)10-5-3-2-4-6-10;1-17-7-6-16-5-4-11(9-16)10-2-3-12(14)13(15)8-10/h2-8H,1H3,(H3,16,18,22);2-3,8,11H,4-7,9H2,1H3. The van der Waals surface area contributed by atoms with Crippen LogP contribution in [0, 0.1) is 17.5 Å². The molecule has 1 fully saturated rings. The second-order valence-corrected chi connectivity index (χ2v) is 9.10. The molecule has 12 heteroatoms. The fourth-order valence-corrected chi connectivity index (χ4v) is 4.40. The Morgan fingerprint density at radius 1 is 1.15 bits per heavy atom. The van der Waals surface area contributed by atoms with Crippen LogP contribution < -0.4 is 11.1 Å². The SMILES string of the molecule is COCCN1CCC(c2ccc(F)c(F)c2)C1.Cn1cc(-c2nn(-c3ccccc3)c(NC(N)=O)c2F)cn1. The second-order valence-electron chi connectivity index (χ2n) is 9.10. The highest BCUT2D eigenvalue weighted by Gasteiger charge is 2.24. The molecule has 39 heavy (non-hydrogen) atoms. The first-order valence-corrected chi connectivity index (χ1v) is 12.3. The van der Waals surface area contributed by atoms with Crippen LogP contribution in [0.25, 0.3) is 16.9 Å². The quantitative estimate of drug-likeness (QED) is 0.363. The fraction of sp³-hybridized carbons (Fsp3) is 0.296. The first-order valence-electron chi connectivity index (χ1n) is 12.3. The molecule has 4 aromatic rings. The molecule has 1 atom stereocenters. The van der Waals surface area contributed by atoms with Gasteiger partial charge in [-0.15, -0.1) is 0 Å². The van der Waals surface area contributed by atoms with E-state index in [0.29, 0.717) is 23.8 Å². The Morgan fingerprint density at radius 2 is 1.92 bits per heavy atom. The number of benzene rings is 2. The van der Waals surface area contributed by atoms with Gasteiger partial charge in [0.1, 0.15) is 5.69 Å². The van der Waals surface area contributed by atoms with Gasteiger partial charge >= 0.3 is 6.03 Å². The van der Waals surface area contributed by atoms with Crippen LogP contribution in [0.3, 0.4) is 0 Å². The Hall–Kier alpha value is -4.16. The minimum atomic E-state index is -0.867. The minimum absolute atomic E-state index is 0.0840. The average Bonchev–Trinajstić information content (AvgIpc) is 3.65. The highest BCUT2D eigenvalue weighted by atomic mass is 19.2. The summed E-state index contributed by atoms with van der Waals surface area (Å²) in [7, 11) is 3.40. The van der Waals surface area contributed by atoms with E-state index in [9.17, 15) is 18.0 Å². The number of nitrogens with one attached hydrogen (secondary N) is 1. The Labute approximate surface area is 224 Å². The number of hydrogen-bond acceptors (Lipinski definition) is 5. The van der Waals surface area contributed by atoms with E-state index in [0.717, 1.165) is 31.6 Å². The van der Waals surface area contributed by atoms with E-state index >= 15 is 0 Å². The summed E-state index contributed by atoms with van der Waals surface area (Å²) in [6, 6.07) is 12.2. The van der Waals surface area contributed by atoms with Crippen molar-refractivity contribution < 1.29 is 22.7 Å². The van der Waals surface area contributed by atoms with Crippen LogP contribution in [0.15, 0.2) is 60.9 Å². The van der Waals surface area contributed by atoms with Crippen molar-refractivity contribution >= 4 is 11.8 Å². The third-order valence-corrected chi connectivity index (χ3v) is 6.35.